The number of carbonyl (C=O) groups excluding carboxylic acids is 2. The Labute approximate surface area is 137 Å². The van der Waals surface area contributed by atoms with Crippen molar-refractivity contribution in [3.63, 3.8) is 0 Å². The molecule has 0 spiro atoms. The largest absolute Gasteiger partial charge is 0.493 e. The summed E-state index contributed by atoms with van der Waals surface area (Å²) in [6.07, 6.45) is 1.45. The molecular weight excluding hydrogens is 296 g/mol. The van der Waals surface area contributed by atoms with Gasteiger partial charge in [-0.2, -0.15) is 0 Å². The van der Waals surface area contributed by atoms with Crippen molar-refractivity contribution in [2.75, 3.05) is 27.3 Å². The van der Waals surface area contributed by atoms with Crippen molar-refractivity contribution in [2.24, 2.45) is 5.92 Å². The lowest BCUT2D eigenvalue weighted by Gasteiger charge is -2.10. The van der Waals surface area contributed by atoms with Crippen LogP contribution in [0.25, 0.3) is 0 Å². The van der Waals surface area contributed by atoms with Crippen LogP contribution in [-0.4, -0.2) is 39.1 Å². The Balaban J connectivity index is 2.38. The summed E-state index contributed by atoms with van der Waals surface area (Å²) in [5, 5.41) is 5.22. The number of carbonyl (C=O) groups is 2. The molecule has 1 aromatic rings. The normalized spacial score (nSPS) is 10.3. The summed E-state index contributed by atoms with van der Waals surface area (Å²) >= 11 is 0. The van der Waals surface area contributed by atoms with Gasteiger partial charge in [0.15, 0.2) is 11.5 Å². The summed E-state index contributed by atoms with van der Waals surface area (Å²) in [7, 11) is 3.15. The van der Waals surface area contributed by atoms with Crippen molar-refractivity contribution in [3.05, 3.63) is 23.8 Å². The summed E-state index contributed by atoms with van der Waals surface area (Å²) in [5.74, 6) is 0.600. The van der Waals surface area contributed by atoms with Crippen LogP contribution in [0.3, 0.4) is 0 Å². The standard InChI is InChI=1S/C17H26N2O4/c1-12(2)7-9-18-16(20)17(21)19-10-8-13-5-6-14(22-3)15(11-13)23-4/h5-6,11-12H,7-10H2,1-4H3,(H,18,20)(H,19,21). The third kappa shape index (κ3) is 6.59. The Morgan fingerprint density at radius 2 is 1.61 bits per heavy atom. The minimum Gasteiger partial charge on any atom is -0.493 e. The number of hydrogen-bond donors (Lipinski definition) is 2. The van der Waals surface area contributed by atoms with Gasteiger partial charge in [-0.15, -0.1) is 0 Å². The van der Waals surface area contributed by atoms with E-state index >= 15 is 0 Å². The SMILES string of the molecule is COc1ccc(CCNC(=O)C(=O)NCCC(C)C)cc1OC. The minimum atomic E-state index is -0.603. The Hall–Kier alpha value is -2.24. The molecule has 0 heterocycles. The third-order valence-corrected chi connectivity index (χ3v) is 3.36. The van der Waals surface area contributed by atoms with Crippen LogP contribution in [0.1, 0.15) is 25.8 Å². The average molecular weight is 322 g/mol. The summed E-state index contributed by atoms with van der Waals surface area (Å²) in [6, 6.07) is 5.57. The molecule has 0 aliphatic heterocycles. The molecule has 0 fully saturated rings. The van der Waals surface area contributed by atoms with Gasteiger partial charge in [0.25, 0.3) is 0 Å². The fourth-order valence-corrected chi connectivity index (χ4v) is 1.99. The van der Waals surface area contributed by atoms with Crippen molar-refractivity contribution in [2.45, 2.75) is 26.7 Å². The summed E-state index contributed by atoms with van der Waals surface area (Å²) < 4.78 is 10.4. The van der Waals surface area contributed by atoms with Gasteiger partial charge >= 0.3 is 11.8 Å². The van der Waals surface area contributed by atoms with Gasteiger partial charge in [0.2, 0.25) is 0 Å². The lowest BCUT2D eigenvalue weighted by atomic mass is 10.1. The molecule has 1 rings (SSSR count). The Bertz CT molecular complexity index is 529. The molecule has 23 heavy (non-hydrogen) atoms. The molecule has 0 aliphatic rings. The van der Waals surface area contributed by atoms with E-state index in [1.165, 1.54) is 0 Å². The van der Waals surface area contributed by atoms with E-state index in [1.54, 1.807) is 14.2 Å². The molecule has 1 aromatic carbocycles. The molecule has 0 saturated carbocycles. The third-order valence-electron chi connectivity index (χ3n) is 3.36. The van der Waals surface area contributed by atoms with E-state index in [0.717, 1.165) is 12.0 Å². The zero-order valence-corrected chi connectivity index (χ0v) is 14.3. The van der Waals surface area contributed by atoms with Gasteiger partial charge in [-0.05, 0) is 36.5 Å². The average Bonchev–Trinajstić information content (AvgIpc) is 2.53. The van der Waals surface area contributed by atoms with Gasteiger partial charge in [0.1, 0.15) is 0 Å². The molecule has 6 heteroatoms. The van der Waals surface area contributed by atoms with E-state index in [9.17, 15) is 9.59 Å². The topological polar surface area (TPSA) is 76.7 Å². The van der Waals surface area contributed by atoms with Crippen molar-refractivity contribution in [3.8, 4) is 11.5 Å². The van der Waals surface area contributed by atoms with Gasteiger partial charge in [-0.3, -0.25) is 9.59 Å². The van der Waals surface area contributed by atoms with Gasteiger partial charge in [0.05, 0.1) is 14.2 Å². The molecule has 0 atom stereocenters. The second-order valence-electron chi connectivity index (χ2n) is 5.63. The zero-order valence-electron chi connectivity index (χ0n) is 14.3. The van der Waals surface area contributed by atoms with Crippen molar-refractivity contribution >= 4 is 11.8 Å². The summed E-state index contributed by atoms with van der Waals surface area (Å²) in [5.41, 5.74) is 0.989. The van der Waals surface area contributed by atoms with E-state index in [-0.39, 0.29) is 0 Å². The zero-order chi connectivity index (χ0) is 17.2. The highest BCUT2D eigenvalue weighted by Gasteiger charge is 2.12. The number of hydrogen-bond acceptors (Lipinski definition) is 4. The minimum absolute atomic E-state index is 0.381. The van der Waals surface area contributed by atoms with E-state index in [4.69, 9.17) is 9.47 Å². The number of rotatable bonds is 8. The Morgan fingerprint density at radius 3 is 2.17 bits per heavy atom. The quantitative estimate of drug-likeness (QED) is 0.712. The van der Waals surface area contributed by atoms with Gasteiger partial charge in [-0.25, -0.2) is 0 Å². The first-order valence-electron chi connectivity index (χ1n) is 7.74. The smallest absolute Gasteiger partial charge is 0.309 e. The number of nitrogens with one attached hydrogen (secondary N) is 2. The molecule has 0 aromatic heterocycles. The van der Waals surface area contributed by atoms with E-state index in [0.29, 0.717) is 36.9 Å². The second-order valence-corrected chi connectivity index (χ2v) is 5.63. The first-order chi connectivity index (χ1) is 11.0. The fourth-order valence-electron chi connectivity index (χ4n) is 1.99. The van der Waals surface area contributed by atoms with Gasteiger partial charge < -0.3 is 20.1 Å². The molecule has 2 amide bonds. The lowest BCUT2D eigenvalue weighted by Crippen LogP contribution is -2.41. The van der Waals surface area contributed by atoms with E-state index in [1.807, 2.05) is 18.2 Å². The molecule has 0 bridgehead atoms. The van der Waals surface area contributed by atoms with Gasteiger partial charge in [0, 0.05) is 13.1 Å². The van der Waals surface area contributed by atoms with Crippen LogP contribution < -0.4 is 20.1 Å². The number of amides is 2. The predicted octanol–water partition coefficient (Wildman–Crippen LogP) is 1.52. The van der Waals surface area contributed by atoms with Crippen LogP contribution in [0.15, 0.2) is 18.2 Å². The number of benzene rings is 1. The first kappa shape index (κ1) is 18.8. The van der Waals surface area contributed by atoms with Crippen LogP contribution in [0.4, 0.5) is 0 Å². The fraction of sp³-hybridized carbons (Fsp3) is 0.529. The van der Waals surface area contributed by atoms with Crippen molar-refractivity contribution in [1.29, 1.82) is 0 Å². The molecule has 128 valence electrons. The lowest BCUT2D eigenvalue weighted by molar-refractivity contribution is -0.139. The highest BCUT2D eigenvalue weighted by molar-refractivity contribution is 6.35. The van der Waals surface area contributed by atoms with E-state index < -0.39 is 11.8 Å². The molecule has 0 aliphatic carbocycles. The van der Waals surface area contributed by atoms with Crippen LogP contribution in [-0.2, 0) is 16.0 Å². The van der Waals surface area contributed by atoms with E-state index in [2.05, 4.69) is 24.5 Å². The maximum atomic E-state index is 11.7. The highest BCUT2D eigenvalue weighted by Crippen LogP contribution is 2.27. The number of ether oxygens (including phenoxy) is 2. The Morgan fingerprint density at radius 1 is 1.00 bits per heavy atom. The van der Waals surface area contributed by atoms with Crippen molar-refractivity contribution < 1.29 is 19.1 Å². The van der Waals surface area contributed by atoms with Crippen LogP contribution in [0, 0.1) is 5.92 Å². The van der Waals surface area contributed by atoms with Crippen molar-refractivity contribution in [1.82, 2.24) is 10.6 Å². The number of methoxy groups -OCH3 is 2. The first-order valence-corrected chi connectivity index (χ1v) is 7.74. The monoisotopic (exact) mass is 322 g/mol. The highest BCUT2D eigenvalue weighted by atomic mass is 16.5. The summed E-state index contributed by atoms with van der Waals surface area (Å²) in [6.45, 7) is 5.02. The predicted molar refractivity (Wildman–Crippen MR) is 88.7 cm³/mol. The van der Waals surface area contributed by atoms with Gasteiger partial charge in [-0.1, -0.05) is 19.9 Å². The molecule has 2 N–H and O–H groups in total. The van der Waals surface area contributed by atoms with Crippen LogP contribution in [0.2, 0.25) is 0 Å². The Kier molecular flexibility index (Phi) is 7.94. The molecule has 6 nitrogen and oxygen atoms in total. The maximum absolute atomic E-state index is 11.7. The van der Waals surface area contributed by atoms with Crippen LogP contribution in [0.5, 0.6) is 11.5 Å². The molecule has 0 saturated heterocycles. The summed E-state index contributed by atoms with van der Waals surface area (Å²) in [4.78, 5) is 23.3. The maximum Gasteiger partial charge on any atom is 0.309 e. The molecule has 0 radical (unpaired) electrons. The second kappa shape index (κ2) is 9.71. The molecular formula is C17H26N2O4. The van der Waals surface area contributed by atoms with Crippen LogP contribution >= 0.6 is 0 Å². The molecule has 0 unspecified atom stereocenters.